The minimum Gasteiger partial charge on any atom is -0.244 e. The first kappa shape index (κ1) is 12.4. The first-order valence-corrected chi connectivity index (χ1v) is 5.51. The molecule has 0 amide bonds. The van der Waals surface area contributed by atoms with E-state index in [4.69, 9.17) is 17.1 Å². The minimum atomic E-state index is -0.359. The number of halogens is 2. The van der Waals surface area contributed by atoms with E-state index in [0.717, 1.165) is 0 Å². The van der Waals surface area contributed by atoms with Crippen LogP contribution < -0.4 is 0 Å². The van der Waals surface area contributed by atoms with Crippen molar-refractivity contribution in [1.82, 2.24) is 4.98 Å². The summed E-state index contributed by atoms with van der Waals surface area (Å²) in [6.45, 7) is 0.0346. The average molecular weight is 263 g/mol. The van der Waals surface area contributed by atoms with Crippen LogP contribution in [-0.2, 0) is 6.54 Å². The van der Waals surface area contributed by atoms with Crippen LogP contribution in [0.5, 0.6) is 0 Å². The van der Waals surface area contributed by atoms with Gasteiger partial charge in [-0.15, -0.1) is 0 Å². The SMILES string of the molecule is [N-]=[N+]=NCc1c(-c2ccccc2F)ccnc1Cl. The number of azide groups is 1. The topological polar surface area (TPSA) is 61.7 Å². The van der Waals surface area contributed by atoms with Crippen LogP contribution >= 0.6 is 11.6 Å². The second kappa shape index (κ2) is 5.49. The Bertz CT molecular complexity index is 623. The Kier molecular flexibility index (Phi) is 3.77. The molecule has 1 aromatic carbocycles. The third kappa shape index (κ3) is 2.42. The zero-order valence-corrected chi connectivity index (χ0v) is 9.97. The molecule has 0 aliphatic carbocycles. The van der Waals surface area contributed by atoms with Crippen LogP contribution in [0, 0.1) is 5.82 Å². The van der Waals surface area contributed by atoms with E-state index in [-0.39, 0.29) is 17.5 Å². The van der Waals surface area contributed by atoms with Crippen LogP contribution in [0.15, 0.2) is 41.6 Å². The molecule has 0 saturated heterocycles. The fourth-order valence-electron chi connectivity index (χ4n) is 1.65. The second-order valence-electron chi connectivity index (χ2n) is 3.50. The fourth-order valence-corrected chi connectivity index (χ4v) is 1.87. The molecule has 0 radical (unpaired) electrons. The summed E-state index contributed by atoms with van der Waals surface area (Å²) in [6, 6.07) is 7.98. The lowest BCUT2D eigenvalue weighted by molar-refractivity contribution is 0.631. The Balaban J connectivity index is 2.60. The number of hydrogen-bond donors (Lipinski definition) is 0. The van der Waals surface area contributed by atoms with E-state index in [0.29, 0.717) is 16.7 Å². The smallest absolute Gasteiger partial charge is 0.132 e. The lowest BCUT2D eigenvalue weighted by Crippen LogP contribution is -1.94. The molecule has 0 aliphatic rings. The van der Waals surface area contributed by atoms with Crippen molar-refractivity contribution >= 4 is 11.6 Å². The van der Waals surface area contributed by atoms with Crippen LogP contribution in [0.3, 0.4) is 0 Å². The van der Waals surface area contributed by atoms with Gasteiger partial charge in [0.05, 0.1) is 6.54 Å². The summed E-state index contributed by atoms with van der Waals surface area (Å²) in [5.41, 5.74) is 9.86. The van der Waals surface area contributed by atoms with Crippen LogP contribution in [0.1, 0.15) is 5.56 Å². The molecule has 2 rings (SSSR count). The van der Waals surface area contributed by atoms with E-state index in [1.165, 1.54) is 12.3 Å². The van der Waals surface area contributed by atoms with Crippen molar-refractivity contribution in [2.75, 3.05) is 0 Å². The van der Waals surface area contributed by atoms with Gasteiger partial charge in [0.15, 0.2) is 0 Å². The molecule has 1 aromatic heterocycles. The van der Waals surface area contributed by atoms with Gasteiger partial charge in [0.1, 0.15) is 11.0 Å². The highest BCUT2D eigenvalue weighted by atomic mass is 35.5. The zero-order chi connectivity index (χ0) is 13.0. The summed E-state index contributed by atoms with van der Waals surface area (Å²) < 4.78 is 13.7. The first-order valence-electron chi connectivity index (χ1n) is 5.13. The van der Waals surface area contributed by atoms with Gasteiger partial charge in [-0.1, -0.05) is 34.9 Å². The monoisotopic (exact) mass is 262 g/mol. The van der Waals surface area contributed by atoms with Gasteiger partial charge in [-0.05, 0) is 23.2 Å². The standard InChI is InChI=1S/C12H8ClFN4/c13-12-10(7-17-18-15)8(5-6-16-12)9-3-1-2-4-11(9)14/h1-6H,7H2. The van der Waals surface area contributed by atoms with Crippen LogP contribution in [0.4, 0.5) is 4.39 Å². The van der Waals surface area contributed by atoms with Crippen LogP contribution in [-0.4, -0.2) is 4.98 Å². The van der Waals surface area contributed by atoms with Crippen molar-refractivity contribution in [3.63, 3.8) is 0 Å². The molecule has 0 fully saturated rings. The molecule has 0 spiro atoms. The predicted molar refractivity (Wildman–Crippen MR) is 67.5 cm³/mol. The molecule has 6 heteroatoms. The summed E-state index contributed by atoms with van der Waals surface area (Å²) in [7, 11) is 0. The number of pyridine rings is 1. The van der Waals surface area contributed by atoms with Gasteiger partial charge in [-0.2, -0.15) is 0 Å². The van der Waals surface area contributed by atoms with Crippen LogP contribution in [0.25, 0.3) is 21.6 Å². The zero-order valence-electron chi connectivity index (χ0n) is 9.22. The van der Waals surface area contributed by atoms with E-state index in [1.807, 2.05) is 0 Å². The molecule has 2 aromatic rings. The molecule has 4 nitrogen and oxygen atoms in total. The third-order valence-electron chi connectivity index (χ3n) is 2.46. The maximum Gasteiger partial charge on any atom is 0.132 e. The summed E-state index contributed by atoms with van der Waals surface area (Å²) in [6.07, 6.45) is 1.49. The fraction of sp³-hybridized carbons (Fsp3) is 0.0833. The molecular weight excluding hydrogens is 255 g/mol. The van der Waals surface area contributed by atoms with Gasteiger partial charge in [0.2, 0.25) is 0 Å². The number of hydrogen-bond acceptors (Lipinski definition) is 2. The van der Waals surface area contributed by atoms with Crippen molar-refractivity contribution in [3.8, 4) is 11.1 Å². The highest BCUT2D eigenvalue weighted by molar-refractivity contribution is 6.30. The molecule has 1 heterocycles. The molecule has 0 atom stereocenters. The summed E-state index contributed by atoms with van der Waals surface area (Å²) in [5, 5.41) is 3.66. The number of aromatic nitrogens is 1. The summed E-state index contributed by atoms with van der Waals surface area (Å²) >= 11 is 5.95. The molecule has 18 heavy (non-hydrogen) atoms. The Morgan fingerprint density at radius 1 is 1.28 bits per heavy atom. The third-order valence-corrected chi connectivity index (χ3v) is 2.79. The van der Waals surface area contributed by atoms with E-state index in [1.54, 1.807) is 24.3 Å². The molecular formula is C12H8ClFN4. The van der Waals surface area contributed by atoms with Crippen molar-refractivity contribution in [1.29, 1.82) is 0 Å². The molecule has 0 bridgehead atoms. The molecule has 0 aliphatic heterocycles. The van der Waals surface area contributed by atoms with E-state index >= 15 is 0 Å². The lowest BCUT2D eigenvalue weighted by atomic mass is 10.0. The Morgan fingerprint density at radius 2 is 2.06 bits per heavy atom. The maximum absolute atomic E-state index is 13.7. The summed E-state index contributed by atoms with van der Waals surface area (Å²) in [5.74, 6) is -0.359. The van der Waals surface area contributed by atoms with Gasteiger partial charge < -0.3 is 0 Å². The first-order chi connectivity index (χ1) is 8.74. The lowest BCUT2D eigenvalue weighted by Gasteiger charge is -2.09. The van der Waals surface area contributed by atoms with Gasteiger partial charge in [0, 0.05) is 22.2 Å². The predicted octanol–water partition coefficient (Wildman–Crippen LogP) is 4.35. The molecule has 90 valence electrons. The molecule has 0 saturated carbocycles. The highest BCUT2D eigenvalue weighted by Gasteiger charge is 2.12. The molecule has 0 N–H and O–H groups in total. The van der Waals surface area contributed by atoms with Crippen molar-refractivity contribution in [2.45, 2.75) is 6.54 Å². The van der Waals surface area contributed by atoms with E-state index in [9.17, 15) is 4.39 Å². The normalized spacial score (nSPS) is 9.89. The van der Waals surface area contributed by atoms with Crippen molar-refractivity contribution in [2.24, 2.45) is 5.11 Å². The van der Waals surface area contributed by atoms with Gasteiger partial charge in [0.25, 0.3) is 0 Å². The quantitative estimate of drug-likeness (QED) is 0.351. The second-order valence-corrected chi connectivity index (χ2v) is 3.85. The number of nitrogens with zero attached hydrogens (tertiary/aromatic N) is 4. The Labute approximate surface area is 108 Å². The highest BCUT2D eigenvalue weighted by Crippen LogP contribution is 2.30. The number of benzene rings is 1. The minimum absolute atomic E-state index is 0.0346. The largest absolute Gasteiger partial charge is 0.244 e. The van der Waals surface area contributed by atoms with E-state index in [2.05, 4.69) is 15.0 Å². The Morgan fingerprint density at radius 3 is 2.78 bits per heavy atom. The van der Waals surface area contributed by atoms with Crippen molar-refractivity contribution in [3.05, 3.63) is 63.5 Å². The van der Waals surface area contributed by atoms with Crippen LogP contribution in [0.2, 0.25) is 5.15 Å². The average Bonchev–Trinajstić information content (AvgIpc) is 2.38. The van der Waals surface area contributed by atoms with Gasteiger partial charge >= 0.3 is 0 Å². The Hall–Kier alpha value is -2.10. The van der Waals surface area contributed by atoms with Gasteiger partial charge in [-0.25, -0.2) is 9.37 Å². The maximum atomic E-state index is 13.7. The molecule has 0 unspecified atom stereocenters. The van der Waals surface area contributed by atoms with Crippen molar-refractivity contribution < 1.29 is 4.39 Å². The van der Waals surface area contributed by atoms with Gasteiger partial charge in [-0.3, -0.25) is 0 Å². The number of rotatable bonds is 3. The van der Waals surface area contributed by atoms with E-state index < -0.39 is 0 Å². The summed E-state index contributed by atoms with van der Waals surface area (Å²) in [4.78, 5) is 6.58.